The molecule has 2 rings (SSSR count). The minimum Gasteiger partial charge on any atom is -0.506 e. The van der Waals surface area contributed by atoms with Gasteiger partial charge >= 0.3 is 0 Å². The first-order valence-electron chi connectivity index (χ1n) is 4.50. The van der Waals surface area contributed by atoms with E-state index in [0.717, 1.165) is 0 Å². The second kappa shape index (κ2) is 3.98. The fourth-order valence-electron chi connectivity index (χ4n) is 1.58. The zero-order chi connectivity index (χ0) is 11.7. The van der Waals surface area contributed by atoms with E-state index in [-0.39, 0.29) is 11.4 Å². The topological polar surface area (TPSA) is 58.9 Å². The molecule has 0 aliphatic heterocycles. The Kier molecular flexibility index (Phi) is 2.66. The van der Waals surface area contributed by atoms with Gasteiger partial charge < -0.3 is 9.84 Å². The lowest BCUT2D eigenvalue weighted by atomic mass is 10.1. The molecule has 0 saturated carbocycles. The van der Waals surface area contributed by atoms with Crippen LogP contribution in [0.3, 0.4) is 0 Å². The zero-order valence-corrected chi connectivity index (χ0v) is 9.15. The lowest BCUT2D eigenvalue weighted by Gasteiger charge is -2.08. The van der Waals surface area contributed by atoms with Gasteiger partial charge in [0.1, 0.15) is 11.5 Å². The number of methoxy groups -OCH3 is 1. The van der Waals surface area contributed by atoms with Crippen LogP contribution in [0.5, 0.6) is 11.5 Å². The van der Waals surface area contributed by atoms with Gasteiger partial charge in [0.25, 0.3) is 0 Å². The van der Waals surface area contributed by atoms with Crippen LogP contribution in [-0.2, 0) is 0 Å². The molecule has 0 aliphatic carbocycles. The summed E-state index contributed by atoms with van der Waals surface area (Å²) in [6.07, 6.45) is 0. The number of halogens is 1. The average Bonchev–Trinajstić information content (AvgIpc) is 2.29. The molecule has 0 unspecified atom stereocenters. The van der Waals surface area contributed by atoms with Crippen LogP contribution < -0.4 is 4.74 Å². The molecule has 0 atom stereocenters. The van der Waals surface area contributed by atoms with Crippen molar-refractivity contribution in [3.8, 4) is 11.5 Å². The Morgan fingerprint density at radius 2 is 1.94 bits per heavy atom. The summed E-state index contributed by atoms with van der Waals surface area (Å²) in [5.74, 6) is 0.348. The van der Waals surface area contributed by atoms with Gasteiger partial charge in [-0.3, -0.25) is 0 Å². The number of phenols is 1. The van der Waals surface area contributed by atoms with Crippen LogP contribution >= 0.6 is 11.6 Å². The molecule has 0 bridgehead atoms. The van der Waals surface area contributed by atoms with Gasteiger partial charge in [-0.15, -0.1) is 4.91 Å². The third kappa shape index (κ3) is 1.47. The highest BCUT2D eigenvalue weighted by Gasteiger charge is 2.12. The molecular weight excluding hydrogens is 230 g/mol. The summed E-state index contributed by atoms with van der Waals surface area (Å²) in [6.45, 7) is 0. The normalized spacial score (nSPS) is 10.4. The van der Waals surface area contributed by atoms with E-state index in [2.05, 4.69) is 5.18 Å². The minimum absolute atomic E-state index is 0.0120. The Morgan fingerprint density at radius 1 is 1.25 bits per heavy atom. The van der Waals surface area contributed by atoms with Gasteiger partial charge in [0, 0.05) is 10.8 Å². The maximum Gasteiger partial charge on any atom is 0.157 e. The molecule has 0 spiro atoms. The highest BCUT2D eigenvalue weighted by Crippen LogP contribution is 2.40. The molecule has 1 N–H and O–H groups in total. The summed E-state index contributed by atoms with van der Waals surface area (Å²) < 4.78 is 5.05. The van der Waals surface area contributed by atoms with E-state index in [0.29, 0.717) is 21.5 Å². The number of fused-ring (bicyclic) bond motifs is 1. The number of hydrogen-bond donors (Lipinski definition) is 1. The number of rotatable bonds is 2. The van der Waals surface area contributed by atoms with Crippen LogP contribution in [0.2, 0.25) is 5.02 Å². The van der Waals surface area contributed by atoms with Crippen LogP contribution in [0.25, 0.3) is 10.8 Å². The molecule has 2 aromatic carbocycles. The number of nitrogens with zero attached hydrogens (tertiary/aromatic N) is 1. The van der Waals surface area contributed by atoms with Gasteiger partial charge in [-0.2, -0.15) is 0 Å². The van der Waals surface area contributed by atoms with Crippen LogP contribution in [-0.4, -0.2) is 12.2 Å². The first-order chi connectivity index (χ1) is 7.69. The molecule has 0 radical (unpaired) electrons. The monoisotopic (exact) mass is 237 g/mol. The summed E-state index contributed by atoms with van der Waals surface area (Å²) in [6, 6.07) is 6.25. The molecular formula is C11H8ClNO3. The maximum atomic E-state index is 10.6. The average molecular weight is 238 g/mol. The Morgan fingerprint density at radius 3 is 2.56 bits per heavy atom. The Balaban J connectivity index is 2.88. The van der Waals surface area contributed by atoms with Crippen molar-refractivity contribution in [2.75, 3.05) is 7.11 Å². The standard InChI is InChI=1S/C11H8ClNO3/c1-16-9-5-3-7-6(10(9)12)2-4-8(14)11(7)13-15/h2-5,14H,1H3. The predicted molar refractivity (Wildman–Crippen MR) is 62.6 cm³/mol. The minimum atomic E-state index is -0.163. The number of aromatic hydroxyl groups is 1. The van der Waals surface area contributed by atoms with E-state index in [4.69, 9.17) is 16.3 Å². The lowest BCUT2D eigenvalue weighted by Crippen LogP contribution is -1.85. The molecule has 0 amide bonds. The largest absolute Gasteiger partial charge is 0.506 e. The smallest absolute Gasteiger partial charge is 0.157 e. The number of nitroso groups, excluding NO2 is 1. The van der Waals surface area contributed by atoms with Crippen LogP contribution in [0, 0.1) is 4.91 Å². The Hall–Kier alpha value is -1.81. The second-order valence-corrected chi connectivity index (χ2v) is 3.58. The highest BCUT2D eigenvalue weighted by atomic mass is 35.5. The van der Waals surface area contributed by atoms with Crippen LogP contribution in [0.1, 0.15) is 0 Å². The van der Waals surface area contributed by atoms with Crippen LogP contribution in [0.15, 0.2) is 29.4 Å². The zero-order valence-electron chi connectivity index (χ0n) is 8.40. The summed E-state index contributed by atoms with van der Waals surface area (Å²) in [5.41, 5.74) is -0.0120. The molecule has 4 nitrogen and oxygen atoms in total. The summed E-state index contributed by atoms with van der Waals surface area (Å²) in [5, 5.41) is 13.8. The quantitative estimate of drug-likeness (QED) is 0.812. The van der Waals surface area contributed by atoms with Gasteiger partial charge in [-0.1, -0.05) is 11.6 Å². The molecule has 2 aromatic rings. The molecule has 0 aliphatic rings. The first kappa shape index (κ1) is 10.7. The third-order valence-electron chi connectivity index (χ3n) is 2.36. The molecule has 0 heterocycles. The molecule has 5 heteroatoms. The van der Waals surface area contributed by atoms with Crippen molar-refractivity contribution in [2.24, 2.45) is 5.18 Å². The fraction of sp³-hybridized carbons (Fsp3) is 0.0909. The fourth-order valence-corrected chi connectivity index (χ4v) is 1.88. The van der Waals surface area contributed by atoms with Crippen molar-refractivity contribution in [2.45, 2.75) is 0 Å². The molecule has 16 heavy (non-hydrogen) atoms. The van der Waals surface area contributed by atoms with Crippen LogP contribution in [0.4, 0.5) is 5.69 Å². The first-order valence-corrected chi connectivity index (χ1v) is 4.88. The van der Waals surface area contributed by atoms with Crippen molar-refractivity contribution in [1.82, 2.24) is 0 Å². The molecule has 82 valence electrons. The van der Waals surface area contributed by atoms with E-state index in [1.165, 1.54) is 13.2 Å². The van der Waals surface area contributed by atoms with E-state index in [1.807, 2.05) is 0 Å². The third-order valence-corrected chi connectivity index (χ3v) is 2.75. The Bertz CT molecular complexity index is 569. The van der Waals surface area contributed by atoms with E-state index < -0.39 is 0 Å². The van der Waals surface area contributed by atoms with E-state index in [1.54, 1.807) is 18.2 Å². The second-order valence-electron chi connectivity index (χ2n) is 3.20. The van der Waals surface area contributed by atoms with Gasteiger partial charge in [0.05, 0.1) is 12.1 Å². The SMILES string of the molecule is COc1ccc2c(N=O)c(O)ccc2c1Cl. The number of phenolic OH excluding ortho intramolecular Hbond substituents is 1. The van der Waals surface area contributed by atoms with Gasteiger partial charge in [0.15, 0.2) is 5.69 Å². The Labute approximate surface area is 96.4 Å². The summed E-state index contributed by atoms with van der Waals surface area (Å²) in [4.78, 5) is 10.6. The number of ether oxygens (including phenoxy) is 1. The number of benzene rings is 2. The molecule has 0 aromatic heterocycles. The van der Waals surface area contributed by atoms with Crippen molar-refractivity contribution in [1.29, 1.82) is 0 Å². The van der Waals surface area contributed by atoms with E-state index in [9.17, 15) is 10.0 Å². The lowest BCUT2D eigenvalue weighted by molar-refractivity contribution is 0.415. The molecule has 0 saturated heterocycles. The molecule has 0 fully saturated rings. The van der Waals surface area contributed by atoms with Gasteiger partial charge in [-0.25, -0.2) is 0 Å². The van der Waals surface area contributed by atoms with Gasteiger partial charge in [0.2, 0.25) is 0 Å². The van der Waals surface area contributed by atoms with Crippen molar-refractivity contribution in [3.05, 3.63) is 34.2 Å². The van der Waals surface area contributed by atoms with Crippen molar-refractivity contribution >= 4 is 28.1 Å². The maximum absolute atomic E-state index is 10.6. The summed E-state index contributed by atoms with van der Waals surface area (Å²) >= 11 is 6.07. The number of hydrogen-bond acceptors (Lipinski definition) is 4. The van der Waals surface area contributed by atoms with E-state index >= 15 is 0 Å². The predicted octanol–water partition coefficient (Wildman–Crippen LogP) is 3.61. The van der Waals surface area contributed by atoms with Crippen molar-refractivity contribution < 1.29 is 9.84 Å². The van der Waals surface area contributed by atoms with Crippen molar-refractivity contribution in [3.63, 3.8) is 0 Å². The highest BCUT2D eigenvalue weighted by molar-refractivity contribution is 6.37. The van der Waals surface area contributed by atoms with Gasteiger partial charge in [-0.05, 0) is 29.4 Å². The summed E-state index contributed by atoms with van der Waals surface area (Å²) in [7, 11) is 1.51.